The molecule has 1 unspecified atom stereocenters. The van der Waals surface area contributed by atoms with Gasteiger partial charge in [-0.3, -0.25) is 0 Å². The lowest BCUT2D eigenvalue weighted by Crippen LogP contribution is -2.12. The van der Waals surface area contributed by atoms with Gasteiger partial charge in [0, 0.05) is 27.5 Å². The largest absolute Gasteiger partial charge is 0.504 e. The first-order chi connectivity index (χ1) is 13.2. The molecular formula is C20H15BrN4O2. The predicted molar refractivity (Wildman–Crippen MR) is 106 cm³/mol. The van der Waals surface area contributed by atoms with E-state index in [0.717, 1.165) is 38.1 Å². The summed E-state index contributed by atoms with van der Waals surface area (Å²) in [5, 5.41) is 18.3. The van der Waals surface area contributed by atoms with Gasteiger partial charge in [0.05, 0.1) is 18.7 Å². The Bertz CT molecular complexity index is 1190. The number of fused-ring (bicyclic) bond motifs is 2. The van der Waals surface area contributed by atoms with E-state index in [4.69, 9.17) is 4.74 Å². The van der Waals surface area contributed by atoms with Gasteiger partial charge in [0.2, 0.25) is 0 Å². The number of hydrogen-bond acceptors (Lipinski definition) is 5. The van der Waals surface area contributed by atoms with Crippen molar-refractivity contribution < 1.29 is 9.84 Å². The molecule has 0 aliphatic carbocycles. The van der Waals surface area contributed by atoms with Crippen LogP contribution in [0.25, 0.3) is 16.8 Å². The van der Waals surface area contributed by atoms with Crippen molar-refractivity contribution in [3.63, 3.8) is 0 Å². The van der Waals surface area contributed by atoms with Crippen molar-refractivity contribution in [3.8, 4) is 22.8 Å². The standard InChI is InChI=1S/C20H15BrN4O2/c1-27-17-9-14(21)13(8-16(17)26)18-12-6-7-25-20(12)19(22-10-23-25)11-4-2-3-5-15(11)24-18/h2-10,18,24,26H,1H3. The van der Waals surface area contributed by atoms with E-state index < -0.39 is 0 Å². The van der Waals surface area contributed by atoms with Gasteiger partial charge in [0.25, 0.3) is 0 Å². The molecule has 0 bridgehead atoms. The zero-order valence-electron chi connectivity index (χ0n) is 14.3. The second-order valence-electron chi connectivity index (χ2n) is 6.34. The summed E-state index contributed by atoms with van der Waals surface area (Å²) in [6, 6.07) is 13.4. The number of anilines is 1. The summed E-state index contributed by atoms with van der Waals surface area (Å²) in [4.78, 5) is 4.55. The molecule has 6 nitrogen and oxygen atoms in total. The van der Waals surface area contributed by atoms with E-state index >= 15 is 0 Å². The fraction of sp³-hybridized carbons (Fsp3) is 0.100. The number of hydrogen-bond donors (Lipinski definition) is 2. The van der Waals surface area contributed by atoms with Crippen LogP contribution in [-0.4, -0.2) is 26.8 Å². The van der Waals surface area contributed by atoms with Crippen LogP contribution in [-0.2, 0) is 0 Å². The van der Waals surface area contributed by atoms with Gasteiger partial charge in [0.15, 0.2) is 11.5 Å². The van der Waals surface area contributed by atoms with Crippen molar-refractivity contribution in [2.75, 3.05) is 12.4 Å². The second kappa shape index (κ2) is 5.99. The lowest BCUT2D eigenvalue weighted by Gasteiger charge is -2.21. The summed E-state index contributed by atoms with van der Waals surface area (Å²) >= 11 is 3.63. The number of halogens is 1. The second-order valence-corrected chi connectivity index (χ2v) is 7.20. The third kappa shape index (κ3) is 2.39. The third-order valence-corrected chi connectivity index (χ3v) is 5.57. The lowest BCUT2D eigenvalue weighted by atomic mass is 9.99. The minimum atomic E-state index is -0.199. The quantitative estimate of drug-likeness (QED) is 0.501. The smallest absolute Gasteiger partial charge is 0.161 e. The highest BCUT2D eigenvalue weighted by molar-refractivity contribution is 9.10. The van der Waals surface area contributed by atoms with E-state index in [2.05, 4.69) is 31.3 Å². The summed E-state index contributed by atoms with van der Waals surface area (Å²) in [6.45, 7) is 0. The number of nitrogens with zero attached hydrogens (tertiary/aromatic N) is 3. The van der Waals surface area contributed by atoms with Crippen molar-refractivity contribution in [1.82, 2.24) is 14.6 Å². The van der Waals surface area contributed by atoms with Gasteiger partial charge in [-0.15, -0.1) is 0 Å². The average Bonchev–Trinajstić information content (AvgIpc) is 3.06. The maximum atomic E-state index is 10.3. The Kier molecular flexibility index (Phi) is 3.58. The van der Waals surface area contributed by atoms with Gasteiger partial charge in [-0.05, 0) is 29.8 Å². The van der Waals surface area contributed by atoms with Crippen molar-refractivity contribution in [3.05, 3.63) is 70.6 Å². The molecule has 0 saturated heterocycles. The van der Waals surface area contributed by atoms with Crippen LogP contribution >= 0.6 is 15.9 Å². The summed E-state index contributed by atoms with van der Waals surface area (Å²) in [7, 11) is 1.53. The van der Waals surface area contributed by atoms with Crippen molar-refractivity contribution in [1.29, 1.82) is 0 Å². The number of rotatable bonds is 2. The average molecular weight is 423 g/mol. The summed E-state index contributed by atoms with van der Waals surface area (Å²) in [5.41, 5.74) is 5.74. The molecule has 2 aromatic heterocycles. The van der Waals surface area contributed by atoms with E-state index in [1.165, 1.54) is 7.11 Å². The number of aromatic nitrogens is 3. The van der Waals surface area contributed by atoms with Gasteiger partial charge < -0.3 is 15.2 Å². The number of nitrogens with one attached hydrogen (secondary N) is 1. The summed E-state index contributed by atoms with van der Waals surface area (Å²) in [5.74, 6) is 0.514. The number of phenolic OH excluding ortho intramolecular Hbond substituents is 1. The van der Waals surface area contributed by atoms with Gasteiger partial charge in [-0.25, -0.2) is 9.50 Å². The van der Waals surface area contributed by atoms with E-state index in [-0.39, 0.29) is 11.8 Å². The fourth-order valence-corrected chi connectivity index (χ4v) is 4.20. The van der Waals surface area contributed by atoms with Gasteiger partial charge in [-0.1, -0.05) is 34.1 Å². The Hall–Kier alpha value is -3.06. The van der Waals surface area contributed by atoms with Crippen LogP contribution in [0, 0.1) is 0 Å². The molecule has 0 spiro atoms. The lowest BCUT2D eigenvalue weighted by molar-refractivity contribution is 0.372. The highest BCUT2D eigenvalue weighted by Crippen LogP contribution is 2.44. The molecule has 0 fully saturated rings. The van der Waals surface area contributed by atoms with E-state index in [0.29, 0.717) is 5.75 Å². The Morgan fingerprint density at radius 3 is 2.89 bits per heavy atom. The normalized spacial score (nSPS) is 15.1. The molecule has 4 aromatic rings. The molecule has 2 aromatic carbocycles. The van der Waals surface area contributed by atoms with E-state index in [9.17, 15) is 5.11 Å². The van der Waals surface area contributed by atoms with Crippen LogP contribution in [0.4, 0.5) is 5.69 Å². The number of ether oxygens (including phenoxy) is 1. The molecule has 27 heavy (non-hydrogen) atoms. The number of methoxy groups -OCH3 is 1. The SMILES string of the molecule is COc1cc(Br)c(C2Nc3ccccc3-c3ncnn4ccc2c34)cc1O. The molecule has 7 heteroatoms. The van der Waals surface area contributed by atoms with Gasteiger partial charge in [-0.2, -0.15) is 5.10 Å². The minimum Gasteiger partial charge on any atom is -0.504 e. The van der Waals surface area contributed by atoms with Crippen molar-refractivity contribution >= 4 is 27.1 Å². The number of para-hydroxylation sites is 1. The maximum Gasteiger partial charge on any atom is 0.161 e. The molecular weight excluding hydrogens is 408 g/mol. The molecule has 5 rings (SSSR count). The molecule has 3 heterocycles. The first kappa shape index (κ1) is 16.1. The number of benzene rings is 2. The summed E-state index contributed by atoms with van der Waals surface area (Å²) in [6.07, 6.45) is 3.49. The first-order valence-electron chi connectivity index (χ1n) is 8.42. The Balaban J connectivity index is 1.81. The Morgan fingerprint density at radius 1 is 1.19 bits per heavy atom. The highest BCUT2D eigenvalue weighted by atomic mass is 79.9. The molecule has 0 radical (unpaired) electrons. The van der Waals surface area contributed by atoms with Crippen molar-refractivity contribution in [2.24, 2.45) is 0 Å². The maximum absolute atomic E-state index is 10.3. The zero-order chi connectivity index (χ0) is 18.5. The summed E-state index contributed by atoms with van der Waals surface area (Å²) < 4.78 is 7.90. The zero-order valence-corrected chi connectivity index (χ0v) is 15.9. The minimum absolute atomic E-state index is 0.0926. The molecule has 1 aliphatic heterocycles. The Labute approximate surface area is 163 Å². The van der Waals surface area contributed by atoms with Gasteiger partial charge >= 0.3 is 0 Å². The molecule has 0 saturated carbocycles. The third-order valence-electron chi connectivity index (χ3n) is 4.89. The van der Waals surface area contributed by atoms with Crippen LogP contribution in [0.1, 0.15) is 17.2 Å². The molecule has 0 amide bonds. The monoisotopic (exact) mass is 422 g/mol. The van der Waals surface area contributed by atoms with E-state index in [1.54, 1.807) is 18.5 Å². The number of aromatic hydroxyl groups is 1. The molecule has 2 N–H and O–H groups in total. The Morgan fingerprint density at radius 2 is 2.04 bits per heavy atom. The van der Waals surface area contributed by atoms with Crippen molar-refractivity contribution in [2.45, 2.75) is 6.04 Å². The van der Waals surface area contributed by atoms with Crippen LogP contribution < -0.4 is 10.1 Å². The van der Waals surface area contributed by atoms with Crippen LogP contribution in [0.2, 0.25) is 0 Å². The van der Waals surface area contributed by atoms with Crippen LogP contribution in [0.15, 0.2) is 59.5 Å². The van der Waals surface area contributed by atoms with Crippen LogP contribution in [0.3, 0.4) is 0 Å². The highest BCUT2D eigenvalue weighted by Gasteiger charge is 2.28. The predicted octanol–water partition coefficient (Wildman–Crippen LogP) is 4.39. The topological polar surface area (TPSA) is 71.7 Å². The van der Waals surface area contributed by atoms with E-state index in [1.807, 2.05) is 41.0 Å². The van der Waals surface area contributed by atoms with Crippen LogP contribution in [0.5, 0.6) is 11.5 Å². The molecule has 1 aliphatic rings. The first-order valence-corrected chi connectivity index (χ1v) is 9.21. The molecule has 1 atom stereocenters. The van der Waals surface area contributed by atoms with Gasteiger partial charge in [0.1, 0.15) is 12.0 Å². The molecule has 134 valence electrons. The fourth-order valence-electron chi connectivity index (χ4n) is 3.65. The number of phenols is 1.